The molecular weight excluding hydrogens is 288 g/mol. The first-order chi connectivity index (χ1) is 10.1. The maximum Gasteiger partial charge on any atom is 0.179 e. The number of benzene rings is 1. The Labute approximate surface area is 132 Å². The van der Waals surface area contributed by atoms with Gasteiger partial charge in [-0.1, -0.05) is 44.2 Å². The quantitative estimate of drug-likeness (QED) is 0.863. The molecule has 0 spiro atoms. The molecule has 1 saturated carbocycles. The molecule has 0 saturated heterocycles. The first-order valence-electron chi connectivity index (χ1n) is 7.71. The van der Waals surface area contributed by atoms with Crippen LogP contribution in [0.5, 0.6) is 11.5 Å². The van der Waals surface area contributed by atoms with Crippen molar-refractivity contribution in [2.45, 2.75) is 45.1 Å². The van der Waals surface area contributed by atoms with E-state index in [1.54, 1.807) is 20.3 Å². The molecule has 1 aliphatic rings. The SMILES string of the molecule is CCC1CCCCC1C(O)c1cc(Cl)c(OC)c(OC)c1. The highest BCUT2D eigenvalue weighted by atomic mass is 35.5. The molecule has 2 rings (SSSR count). The molecule has 0 aliphatic heterocycles. The van der Waals surface area contributed by atoms with Crippen LogP contribution in [0.3, 0.4) is 0 Å². The van der Waals surface area contributed by atoms with Crippen molar-refractivity contribution in [3.63, 3.8) is 0 Å². The van der Waals surface area contributed by atoms with Crippen molar-refractivity contribution < 1.29 is 14.6 Å². The zero-order valence-corrected chi connectivity index (χ0v) is 13.8. The zero-order valence-electron chi connectivity index (χ0n) is 13.1. The van der Waals surface area contributed by atoms with Crippen LogP contribution in [0.25, 0.3) is 0 Å². The van der Waals surface area contributed by atoms with Crippen molar-refractivity contribution >= 4 is 11.6 Å². The lowest BCUT2D eigenvalue weighted by molar-refractivity contribution is 0.0450. The molecule has 3 atom stereocenters. The van der Waals surface area contributed by atoms with Crippen molar-refractivity contribution in [1.29, 1.82) is 0 Å². The smallest absolute Gasteiger partial charge is 0.179 e. The second kappa shape index (κ2) is 7.37. The van der Waals surface area contributed by atoms with Gasteiger partial charge in [0.1, 0.15) is 0 Å². The van der Waals surface area contributed by atoms with Crippen LogP contribution in [-0.2, 0) is 0 Å². The predicted molar refractivity (Wildman–Crippen MR) is 85.3 cm³/mol. The lowest BCUT2D eigenvalue weighted by atomic mass is 9.73. The Hall–Kier alpha value is -0.930. The first-order valence-corrected chi connectivity index (χ1v) is 8.09. The van der Waals surface area contributed by atoms with Crippen molar-refractivity contribution in [3.8, 4) is 11.5 Å². The molecule has 1 aromatic rings. The molecule has 0 aromatic heterocycles. The van der Waals surface area contributed by atoms with E-state index in [9.17, 15) is 5.11 Å². The van der Waals surface area contributed by atoms with Gasteiger partial charge in [-0.15, -0.1) is 0 Å². The fourth-order valence-electron chi connectivity index (χ4n) is 3.51. The molecule has 4 heteroatoms. The number of halogens is 1. The summed E-state index contributed by atoms with van der Waals surface area (Å²) in [7, 11) is 3.15. The minimum atomic E-state index is -0.493. The van der Waals surface area contributed by atoms with Gasteiger partial charge < -0.3 is 14.6 Å². The number of methoxy groups -OCH3 is 2. The second-order valence-electron chi connectivity index (χ2n) is 5.80. The van der Waals surface area contributed by atoms with Crippen molar-refractivity contribution in [2.75, 3.05) is 14.2 Å². The van der Waals surface area contributed by atoms with Crippen LogP contribution in [0.1, 0.15) is 50.7 Å². The maximum atomic E-state index is 10.8. The molecular formula is C17H25ClO3. The van der Waals surface area contributed by atoms with Crippen molar-refractivity contribution in [2.24, 2.45) is 11.8 Å². The minimum Gasteiger partial charge on any atom is -0.493 e. The average Bonchev–Trinajstić information content (AvgIpc) is 2.53. The lowest BCUT2D eigenvalue weighted by Crippen LogP contribution is -2.25. The van der Waals surface area contributed by atoms with Gasteiger partial charge in [0.25, 0.3) is 0 Å². The Morgan fingerprint density at radius 2 is 1.95 bits per heavy atom. The Kier molecular flexibility index (Phi) is 5.77. The third-order valence-corrected chi connectivity index (χ3v) is 4.98. The molecule has 1 aromatic carbocycles. The van der Waals surface area contributed by atoms with E-state index in [4.69, 9.17) is 21.1 Å². The van der Waals surface area contributed by atoms with Crippen LogP contribution in [0.15, 0.2) is 12.1 Å². The zero-order chi connectivity index (χ0) is 15.4. The fourth-order valence-corrected chi connectivity index (χ4v) is 3.81. The van der Waals surface area contributed by atoms with Crippen molar-refractivity contribution in [1.82, 2.24) is 0 Å². The maximum absolute atomic E-state index is 10.8. The van der Waals surface area contributed by atoms with Gasteiger partial charge >= 0.3 is 0 Å². The molecule has 3 unspecified atom stereocenters. The largest absolute Gasteiger partial charge is 0.493 e. The van der Waals surface area contributed by atoms with Crippen LogP contribution < -0.4 is 9.47 Å². The number of aliphatic hydroxyl groups excluding tert-OH is 1. The molecule has 0 bridgehead atoms. The highest BCUT2D eigenvalue weighted by Gasteiger charge is 2.31. The Balaban J connectivity index is 2.29. The molecule has 1 N–H and O–H groups in total. The summed E-state index contributed by atoms with van der Waals surface area (Å²) in [5, 5.41) is 11.3. The van der Waals surface area contributed by atoms with E-state index in [1.165, 1.54) is 19.3 Å². The molecule has 0 radical (unpaired) electrons. The second-order valence-corrected chi connectivity index (χ2v) is 6.21. The molecule has 118 valence electrons. The lowest BCUT2D eigenvalue weighted by Gasteiger charge is -2.34. The Morgan fingerprint density at radius 3 is 2.57 bits per heavy atom. The third-order valence-electron chi connectivity index (χ3n) is 4.70. The van der Waals surface area contributed by atoms with E-state index < -0.39 is 6.10 Å². The average molecular weight is 313 g/mol. The first kappa shape index (κ1) is 16.4. The highest BCUT2D eigenvalue weighted by Crippen LogP contribution is 2.44. The van der Waals surface area contributed by atoms with Crippen LogP contribution in [-0.4, -0.2) is 19.3 Å². The molecule has 0 amide bonds. The molecule has 1 aliphatic carbocycles. The van der Waals surface area contributed by atoms with E-state index in [-0.39, 0.29) is 0 Å². The normalized spacial score (nSPS) is 23.7. The van der Waals surface area contributed by atoms with Gasteiger partial charge in [-0.05, 0) is 36.0 Å². The monoisotopic (exact) mass is 312 g/mol. The number of ether oxygens (including phenoxy) is 2. The number of rotatable bonds is 5. The summed E-state index contributed by atoms with van der Waals surface area (Å²) >= 11 is 6.25. The summed E-state index contributed by atoms with van der Waals surface area (Å²) in [6, 6.07) is 3.64. The van der Waals surface area contributed by atoms with E-state index in [1.807, 2.05) is 6.07 Å². The van der Waals surface area contributed by atoms with Crippen LogP contribution in [0, 0.1) is 11.8 Å². The van der Waals surface area contributed by atoms with Gasteiger partial charge in [0.15, 0.2) is 11.5 Å². The highest BCUT2D eigenvalue weighted by molar-refractivity contribution is 6.32. The Bertz CT molecular complexity index is 475. The van der Waals surface area contributed by atoms with E-state index in [0.29, 0.717) is 28.4 Å². The predicted octanol–water partition coefficient (Wildman–Crippen LogP) is 4.61. The molecule has 21 heavy (non-hydrogen) atoms. The van der Waals surface area contributed by atoms with E-state index in [2.05, 4.69) is 6.92 Å². The summed E-state index contributed by atoms with van der Waals surface area (Å²) in [4.78, 5) is 0. The van der Waals surface area contributed by atoms with Crippen LogP contribution >= 0.6 is 11.6 Å². The standard InChI is InChI=1S/C17H25ClO3/c1-4-11-7-5-6-8-13(11)16(19)12-9-14(18)17(21-3)15(10-12)20-2/h9-11,13,16,19H,4-8H2,1-3H3. The van der Waals surface area contributed by atoms with Crippen molar-refractivity contribution in [3.05, 3.63) is 22.7 Å². The van der Waals surface area contributed by atoms with Gasteiger partial charge in [0.05, 0.1) is 25.3 Å². The van der Waals surface area contributed by atoms with E-state index >= 15 is 0 Å². The summed E-state index contributed by atoms with van der Waals surface area (Å²) in [6.45, 7) is 2.21. The van der Waals surface area contributed by atoms with Gasteiger partial charge in [-0.2, -0.15) is 0 Å². The minimum absolute atomic E-state index is 0.304. The molecule has 3 nitrogen and oxygen atoms in total. The summed E-state index contributed by atoms with van der Waals surface area (Å²) in [5.41, 5.74) is 0.822. The summed E-state index contributed by atoms with van der Waals surface area (Å²) < 4.78 is 10.6. The van der Waals surface area contributed by atoms with Crippen LogP contribution in [0.2, 0.25) is 5.02 Å². The van der Waals surface area contributed by atoms with E-state index in [0.717, 1.165) is 18.4 Å². The van der Waals surface area contributed by atoms with Gasteiger partial charge in [0.2, 0.25) is 0 Å². The fraction of sp³-hybridized carbons (Fsp3) is 0.647. The molecule has 0 heterocycles. The Morgan fingerprint density at radius 1 is 1.24 bits per heavy atom. The number of hydrogen-bond donors (Lipinski definition) is 1. The third kappa shape index (κ3) is 3.46. The van der Waals surface area contributed by atoms with Gasteiger partial charge in [-0.3, -0.25) is 0 Å². The number of aliphatic hydroxyl groups is 1. The summed E-state index contributed by atoms with van der Waals surface area (Å²) in [5.74, 6) is 1.98. The van der Waals surface area contributed by atoms with Crippen LogP contribution in [0.4, 0.5) is 0 Å². The summed E-state index contributed by atoms with van der Waals surface area (Å²) in [6.07, 6.45) is 5.37. The molecule has 1 fully saturated rings. The van der Waals surface area contributed by atoms with Gasteiger partial charge in [-0.25, -0.2) is 0 Å². The van der Waals surface area contributed by atoms with Gasteiger partial charge in [0, 0.05) is 0 Å². The topological polar surface area (TPSA) is 38.7 Å². The number of hydrogen-bond acceptors (Lipinski definition) is 3.